The summed E-state index contributed by atoms with van der Waals surface area (Å²) >= 11 is 9.57. The SMILES string of the molecule is CCC(N)Cc1c(Cl)cccc1Sc1nccs1. The molecule has 0 aliphatic rings. The smallest absolute Gasteiger partial charge is 0.154 e. The van der Waals surface area contributed by atoms with Crippen LogP contribution < -0.4 is 5.73 Å². The minimum absolute atomic E-state index is 0.153. The van der Waals surface area contributed by atoms with E-state index in [2.05, 4.69) is 18.0 Å². The van der Waals surface area contributed by atoms with E-state index in [1.54, 1.807) is 23.1 Å². The fourth-order valence-corrected chi connectivity index (χ4v) is 3.65. The Labute approximate surface area is 121 Å². The summed E-state index contributed by atoms with van der Waals surface area (Å²) in [5, 5.41) is 2.77. The number of nitrogens with zero attached hydrogens (tertiary/aromatic N) is 1. The van der Waals surface area contributed by atoms with E-state index >= 15 is 0 Å². The Bertz CT molecular complexity index is 500. The van der Waals surface area contributed by atoms with Gasteiger partial charge >= 0.3 is 0 Å². The Hall–Kier alpha value is -0.550. The third-order valence-corrected chi connectivity index (χ3v) is 5.01. The van der Waals surface area contributed by atoms with E-state index < -0.39 is 0 Å². The molecule has 0 radical (unpaired) electrons. The first-order valence-electron chi connectivity index (χ1n) is 5.81. The lowest BCUT2D eigenvalue weighted by atomic mass is 10.0. The minimum atomic E-state index is 0.153. The molecule has 2 nitrogen and oxygen atoms in total. The molecular formula is C13H15ClN2S2. The Morgan fingerprint density at radius 2 is 2.33 bits per heavy atom. The van der Waals surface area contributed by atoms with Gasteiger partial charge in [0.05, 0.1) is 0 Å². The number of benzene rings is 1. The van der Waals surface area contributed by atoms with Crippen LogP contribution in [0.3, 0.4) is 0 Å². The topological polar surface area (TPSA) is 38.9 Å². The van der Waals surface area contributed by atoms with Crippen molar-refractivity contribution in [3.63, 3.8) is 0 Å². The highest BCUT2D eigenvalue weighted by Gasteiger charge is 2.12. The van der Waals surface area contributed by atoms with E-state index in [1.165, 1.54) is 0 Å². The van der Waals surface area contributed by atoms with Gasteiger partial charge < -0.3 is 5.73 Å². The molecule has 1 unspecified atom stereocenters. The van der Waals surface area contributed by atoms with Crippen LogP contribution in [-0.2, 0) is 6.42 Å². The van der Waals surface area contributed by atoms with E-state index in [4.69, 9.17) is 17.3 Å². The summed E-state index contributed by atoms with van der Waals surface area (Å²) in [4.78, 5) is 5.44. The predicted octanol–water partition coefficient (Wildman–Crippen LogP) is 4.23. The maximum atomic E-state index is 6.28. The van der Waals surface area contributed by atoms with Gasteiger partial charge in [-0.05, 0) is 30.5 Å². The fraction of sp³-hybridized carbons (Fsp3) is 0.308. The molecule has 0 saturated carbocycles. The van der Waals surface area contributed by atoms with Gasteiger partial charge in [0, 0.05) is 27.5 Å². The largest absolute Gasteiger partial charge is 0.327 e. The molecule has 1 aromatic heterocycles. The van der Waals surface area contributed by atoms with Crippen molar-refractivity contribution >= 4 is 34.7 Å². The van der Waals surface area contributed by atoms with Crippen LogP contribution in [-0.4, -0.2) is 11.0 Å². The monoisotopic (exact) mass is 298 g/mol. The predicted molar refractivity (Wildman–Crippen MR) is 79.7 cm³/mol. The van der Waals surface area contributed by atoms with Crippen LogP contribution in [0.4, 0.5) is 0 Å². The molecular weight excluding hydrogens is 284 g/mol. The summed E-state index contributed by atoms with van der Waals surface area (Å²) in [5.41, 5.74) is 7.17. The van der Waals surface area contributed by atoms with Crippen molar-refractivity contribution in [2.24, 2.45) is 5.73 Å². The number of hydrogen-bond acceptors (Lipinski definition) is 4. The Morgan fingerprint density at radius 1 is 1.50 bits per heavy atom. The van der Waals surface area contributed by atoms with Crippen LogP contribution >= 0.6 is 34.7 Å². The highest BCUT2D eigenvalue weighted by atomic mass is 35.5. The van der Waals surface area contributed by atoms with Gasteiger partial charge in [-0.25, -0.2) is 4.98 Å². The molecule has 0 bridgehead atoms. The molecule has 2 aromatic rings. The first kappa shape index (κ1) is 13.9. The zero-order chi connectivity index (χ0) is 13.0. The molecule has 0 fully saturated rings. The summed E-state index contributed by atoms with van der Waals surface area (Å²) in [5.74, 6) is 0. The molecule has 0 aliphatic heterocycles. The molecule has 5 heteroatoms. The van der Waals surface area contributed by atoms with Gasteiger partial charge in [-0.3, -0.25) is 0 Å². The van der Waals surface area contributed by atoms with Crippen molar-refractivity contribution in [3.8, 4) is 0 Å². The van der Waals surface area contributed by atoms with Gasteiger partial charge in [0.25, 0.3) is 0 Å². The van der Waals surface area contributed by atoms with Crippen LogP contribution in [0.25, 0.3) is 0 Å². The van der Waals surface area contributed by atoms with Gasteiger partial charge in [0.1, 0.15) is 0 Å². The van der Waals surface area contributed by atoms with Crippen LogP contribution in [0.1, 0.15) is 18.9 Å². The molecule has 1 aromatic carbocycles. The Morgan fingerprint density at radius 3 is 3.00 bits per heavy atom. The van der Waals surface area contributed by atoms with Crippen molar-refractivity contribution in [2.45, 2.75) is 35.0 Å². The number of rotatable bonds is 5. The molecule has 0 saturated heterocycles. The second-order valence-electron chi connectivity index (χ2n) is 3.99. The normalized spacial score (nSPS) is 12.6. The molecule has 1 atom stereocenters. The van der Waals surface area contributed by atoms with Crippen LogP contribution in [0.2, 0.25) is 5.02 Å². The molecule has 2 N–H and O–H groups in total. The van der Waals surface area contributed by atoms with Crippen molar-refractivity contribution < 1.29 is 0 Å². The third kappa shape index (κ3) is 3.48. The molecule has 96 valence electrons. The van der Waals surface area contributed by atoms with E-state index in [1.807, 2.05) is 23.7 Å². The Kier molecular flexibility index (Phi) is 5.06. The lowest BCUT2D eigenvalue weighted by Crippen LogP contribution is -2.21. The second-order valence-corrected chi connectivity index (χ2v) is 6.58. The first-order valence-corrected chi connectivity index (χ1v) is 7.88. The average molecular weight is 299 g/mol. The van der Waals surface area contributed by atoms with E-state index in [-0.39, 0.29) is 6.04 Å². The summed E-state index contributed by atoms with van der Waals surface area (Å²) in [6.45, 7) is 2.09. The maximum absolute atomic E-state index is 6.28. The van der Waals surface area contributed by atoms with E-state index in [0.29, 0.717) is 0 Å². The second kappa shape index (κ2) is 6.57. The number of thiazole rings is 1. The highest BCUT2D eigenvalue weighted by molar-refractivity contribution is 8.01. The molecule has 0 amide bonds. The van der Waals surface area contributed by atoms with Gasteiger partial charge in [-0.15, -0.1) is 11.3 Å². The number of nitrogens with two attached hydrogens (primary N) is 1. The molecule has 1 heterocycles. The van der Waals surface area contributed by atoms with Crippen LogP contribution in [0.15, 0.2) is 39.0 Å². The lowest BCUT2D eigenvalue weighted by molar-refractivity contribution is 0.641. The molecule has 18 heavy (non-hydrogen) atoms. The van der Waals surface area contributed by atoms with E-state index in [9.17, 15) is 0 Å². The third-order valence-electron chi connectivity index (χ3n) is 2.67. The van der Waals surface area contributed by atoms with Crippen LogP contribution in [0, 0.1) is 0 Å². The summed E-state index contributed by atoms with van der Waals surface area (Å²) < 4.78 is 1.03. The number of hydrogen-bond donors (Lipinski definition) is 1. The Balaban J connectivity index is 2.26. The molecule has 2 rings (SSSR count). The minimum Gasteiger partial charge on any atom is -0.327 e. The average Bonchev–Trinajstić information content (AvgIpc) is 2.86. The zero-order valence-corrected chi connectivity index (χ0v) is 12.5. The zero-order valence-electron chi connectivity index (χ0n) is 10.1. The van der Waals surface area contributed by atoms with Crippen molar-refractivity contribution in [3.05, 3.63) is 40.4 Å². The standard InChI is InChI=1S/C13H15ClN2S2/c1-2-9(15)8-10-11(14)4-3-5-12(10)18-13-16-6-7-17-13/h3-7,9H,2,8,15H2,1H3. The van der Waals surface area contributed by atoms with Crippen molar-refractivity contribution in [1.82, 2.24) is 4.98 Å². The van der Waals surface area contributed by atoms with Gasteiger partial charge in [-0.2, -0.15) is 0 Å². The van der Waals surface area contributed by atoms with Crippen molar-refractivity contribution in [2.75, 3.05) is 0 Å². The highest BCUT2D eigenvalue weighted by Crippen LogP contribution is 2.35. The molecule has 0 aliphatic carbocycles. The van der Waals surface area contributed by atoms with Gasteiger partial charge in [-0.1, -0.05) is 36.4 Å². The van der Waals surface area contributed by atoms with Gasteiger partial charge in [0.2, 0.25) is 0 Å². The number of aromatic nitrogens is 1. The van der Waals surface area contributed by atoms with Crippen molar-refractivity contribution in [1.29, 1.82) is 0 Å². The maximum Gasteiger partial charge on any atom is 0.154 e. The first-order chi connectivity index (χ1) is 8.70. The quantitative estimate of drug-likeness (QED) is 0.898. The fourth-order valence-electron chi connectivity index (χ4n) is 1.59. The lowest BCUT2D eigenvalue weighted by Gasteiger charge is -2.14. The number of halogens is 1. The van der Waals surface area contributed by atoms with E-state index in [0.717, 1.165) is 32.7 Å². The van der Waals surface area contributed by atoms with Crippen LogP contribution in [0.5, 0.6) is 0 Å². The summed E-state index contributed by atoms with van der Waals surface area (Å²) in [6, 6.07) is 6.13. The van der Waals surface area contributed by atoms with Gasteiger partial charge in [0.15, 0.2) is 4.34 Å². The summed E-state index contributed by atoms with van der Waals surface area (Å²) in [6.07, 6.45) is 3.57. The molecule has 0 spiro atoms. The summed E-state index contributed by atoms with van der Waals surface area (Å²) in [7, 11) is 0.